The number of cyclic esters (lactones) is 1. The summed E-state index contributed by atoms with van der Waals surface area (Å²) in [5.41, 5.74) is 2.04. The highest BCUT2D eigenvalue weighted by Gasteiger charge is 2.39. The van der Waals surface area contributed by atoms with Crippen molar-refractivity contribution in [3.8, 4) is 0 Å². The van der Waals surface area contributed by atoms with Gasteiger partial charge in [0.25, 0.3) is 0 Å². The third-order valence-corrected chi connectivity index (χ3v) is 6.23. The topological polar surface area (TPSA) is 107 Å². The molecule has 8 heteroatoms. The lowest BCUT2D eigenvalue weighted by Crippen LogP contribution is -2.47. The van der Waals surface area contributed by atoms with Crippen LogP contribution in [0.1, 0.15) is 52.5 Å². The van der Waals surface area contributed by atoms with Gasteiger partial charge < -0.3 is 20.1 Å². The van der Waals surface area contributed by atoms with Gasteiger partial charge in [-0.1, -0.05) is 39.0 Å². The van der Waals surface area contributed by atoms with E-state index in [4.69, 9.17) is 9.47 Å². The summed E-state index contributed by atoms with van der Waals surface area (Å²) in [6, 6.07) is 9.32. The van der Waals surface area contributed by atoms with E-state index in [1.165, 1.54) is 0 Å². The summed E-state index contributed by atoms with van der Waals surface area (Å²) < 4.78 is 11.0. The minimum absolute atomic E-state index is 0.0538. The van der Waals surface area contributed by atoms with Crippen LogP contribution in [0.2, 0.25) is 0 Å². The molecular formula is C26H35N3O5. The SMILES string of the molecule is CCC(C)O[C@H]1OC(=O)C[C@@H]1NC(=O)[C@@H](CC(=O)NCCc1cccc2ncccc12)C(C)C. The van der Waals surface area contributed by atoms with Gasteiger partial charge in [-0.15, -0.1) is 0 Å². The van der Waals surface area contributed by atoms with Gasteiger partial charge >= 0.3 is 5.97 Å². The molecule has 1 aromatic heterocycles. The van der Waals surface area contributed by atoms with Crippen LogP contribution in [-0.4, -0.2) is 47.7 Å². The number of ether oxygens (including phenoxy) is 2. The third kappa shape index (κ3) is 6.76. The molecule has 0 bridgehead atoms. The molecule has 2 amide bonds. The second kappa shape index (κ2) is 11.9. The monoisotopic (exact) mass is 469 g/mol. The number of hydrogen-bond donors (Lipinski definition) is 2. The normalized spacial score (nSPS) is 19.6. The number of nitrogens with one attached hydrogen (secondary N) is 2. The zero-order chi connectivity index (χ0) is 24.7. The van der Waals surface area contributed by atoms with Crippen molar-refractivity contribution >= 4 is 28.7 Å². The Labute approximate surface area is 200 Å². The van der Waals surface area contributed by atoms with Crippen LogP contribution in [0.15, 0.2) is 36.5 Å². The van der Waals surface area contributed by atoms with E-state index in [1.807, 2.05) is 58.0 Å². The molecule has 1 aliphatic rings. The molecule has 1 aliphatic heterocycles. The molecule has 2 aromatic rings. The zero-order valence-corrected chi connectivity index (χ0v) is 20.4. The van der Waals surface area contributed by atoms with Gasteiger partial charge in [0.2, 0.25) is 18.1 Å². The Kier molecular flexibility index (Phi) is 8.98. The van der Waals surface area contributed by atoms with Crippen LogP contribution >= 0.6 is 0 Å². The number of hydrogen-bond acceptors (Lipinski definition) is 6. The van der Waals surface area contributed by atoms with Crippen LogP contribution < -0.4 is 10.6 Å². The number of carbonyl (C=O) groups is 3. The summed E-state index contributed by atoms with van der Waals surface area (Å²) in [5, 5.41) is 6.89. The number of pyridine rings is 1. The van der Waals surface area contributed by atoms with Gasteiger partial charge in [0.05, 0.1) is 18.0 Å². The van der Waals surface area contributed by atoms with Gasteiger partial charge in [-0.25, -0.2) is 0 Å². The second-order valence-corrected chi connectivity index (χ2v) is 9.17. The first kappa shape index (κ1) is 25.6. The molecule has 8 nitrogen and oxygen atoms in total. The van der Waals surface area contributed by atoms with Crippen LogP contribution in [0.25, 0.3) is 10.9 Å². The van der Waals surface area contributed by atoms with Gasteiger partial charge in [0.15, 0.2) is 0 Å². The molecule has 4 atom stereocenters. The van der Waals surface area contributed by atoms with E-state index in [1.54, 1.807) is 6.20 Å². The Hall–Kier alpha value is -3.00. The van der Waals surface area contributed by atoms with Gasteiger partial charge in [0.1, 0.15) is 6.04 Å². The fourth-order valence-electron chi connectivity index (χ4n) is 4.02. The number of fused-ring (bicyclic) bond motifs is 1. The molecule has 0 spiro atoms. The summed E-state index contributed by atoms with van der Waals surface area (Å²) in [7, 11) is 0. The first-order chi connectivity index (χ1) is 16.3. The molecule has 2 N–H and O–H groups in total. The molecule has 1 saturated heterocycles. The molecular weight excluding hydrogens is 434 g/mol. The maximum Gasteiger partial charge on any atom is 0.310 e. The minimum atomic E-state index is -0.803. The average molecular weight is 470 g/mol. The van der Waals surface area contributed by atoms with Gasteiger partial charge in [-0.2, -0.15) is 0 Å². The van der Waals surface area contributed by atoms with Crippen LogP contribution in [0.5, 0.6) is 0 Å². The lowest BCUT2D eigenvalue weighted by Gasteiger charge is -2.25. The zero-order valence-electron chi connectivity index (χ0n) is 20.4. The molecule has 184 valence electrons. The van der Waals surface area contributed by atoms with Crippen molar-refractivity contribution in [2.75, 3.05) is 6.54 Å². The number of amides is 2. The number of benzene rings is 1. The molecule has 0 aliphatic carbocycles. The Morgan fingerprint density at radius 3 is 2.74 bits per heavy atom. The minimum Gasteiger partial charge on any atom is -0.433 e. The first-order valence-electron chi connectivity index (χ1n) is 12.0. The van der Waals surface area contributed by atoms with E-state index < -0.39 is 24.2 Å². The Balaban J connectivity index is 1.53. The number of carbonyl (C=O) groups excluding carboxylic acids is 3. The van der Waals surface area contributed by atoms with Gasteiger partial charge in [-0.3, -0.25) is 19.4 Å². The van der Waals surface area contributed by atoms with Crippen molar-refractivity contribution in [3.05, 3.63) is 42.1 Å². The molecule has 3 rings (SSSR count). The largest absolute Gasteiger partial charge is 0.433 e. The van der Waals surface area contributed by atoms with Crippen LogP contribution in [-0.2, 0) is 30.3 Å². The highest BCUT2D eigenvalue weighted by atomic mass is 16.7. The fraction of sp³-hybridized carbons (Fsp3) is 0.538. The van der Waals surface area contributed by atoms with Crippen molar-refractivity contribution in [1.29, 1.82) is 0 Å². The van der Waals surface area contributed by atoms with Crippen molar-refractivity contribution in [1.82, 2.24) is 15.6 Å². The Morgan fingerprint density at radius 1 is 1.21 bits per heavy atom. The van der Waals surface area contributed by atoms with Crippen molar-refractivity contribution in [3.63, 3.8) is 0 Å². The molecule has 1 fully saturated rings. The van der Waals surface area contributed by atoms with E-state index in [-0.39, 0.29) is 36.7 Å². The molecule has 2 heterocycles. The number of aromatic nitrogens is 1. The van der Waals surface area contributed by atoms with Gasteiger partial charge in [0, 0.05) is 30.5 Å². The fourth-order valence-corrected chi connectivity index (χ4v) is 4.02. The molecule has 0 saturated carbocycles. The van der Waals surface area contributed by atoms with Crippen LogP contribution in [0.4, 0.5) is 0 Å². The summed E-state index contributed by atoms with van der Waals surface area (Å²) in [6.07, 6.45) is 2.42. The Bertz CT molecular complexity index is 1000. The molecule has 0 radical (unpaired) electrons. The van der Waals surface area contributed by atoms with E-state index >= 15 is 0 Å². The summed E-state index contributed by atoms with van der Waals surface area (Å²) in [6.45, 7) is 8.14. The highest BCUT2D eigenvalue weighted by molar-refractivity contribution is 5.87. The van der Waals surface area contributed by atoms with E-state index in [0.29, 0.717) is 13.0 Å². The number of nitrogens with zero attached hydrogens (tertiary/aromatic N) is 1. The summed E-state index contributed by atoms with van der Waals surface area (Å²) in [4.78, 5) is 41.8. The molecule has 1 unspecified atom stereocenters. The first-order valence-corrected chi connectivity index (χ1v) is 12.0. The summed E-state index contributed by atoms with van der Waals surface area (Å²) >= 11 is 0. The maximum absolute atomic E-state index is 13.0. The standard InChI is InChI=1S/C26H35N3O5/c1-5-17(4)33-26-22(15-24(31)34-26)29-25(32)20(16(2)3)14-23(30)28-13-11-18-8-6-10-21-19(18)9-7-12-27-21/h6-10,12,16-17,20,22,26H,5,11,13-15H2,1-4H3,(H,28,30)(H,29,32)/t17?,20-,22-,26-/m0/s1. The van der Waals surface area contributed by atoms with E-state index in [2.05, 4.69) is 15.6 Å². The lowest BCUT2D eigenvalue weighted by molar-refractivity contribution is -0.175. The third-order valence-electron chi connectivity index (χ3n) is 6.23. The predicted molar refractivity (Wildman–Crippen MR) is 129 cm³/mol. The van der Waals surface area contributed by atoms with Crippen LogP contribution in [0.3, 0.4) is 0 Å². The quantitative estimate of drug-likeness (QED) is 0.490. The van der Waals surface area contributed by atoms with Crippen molar-refractivity contribution < 1.29 is 23.9 Å². The average Bonchev–Trinajstić information content (AvgIpc) is 3.15. The van der Waals surface area contributed by atoms with Crippen molar-refractivity contribution in [2.45, 2.75) is 71.8 Å². The van der Waals surface area contributed by atoms with E-state index in [9.17, 15) is 14.4 Å². The highest BCUT2D eigenvalue weighted by Crippen LogP contribution is 2.22. The maximum atomic E-state index is 13.0. The molecule has 1 aromatic carbocycles. The predicted octanol–water partition coefficient (Wildman–Crippen LogP) is 3.13. The smallest absolute Gasteiger partial charge is 0.310 e. The Morgan fingerprint density at radius 2 is 2.00 bits per heavy atom. The number of rotatable bonds is 11. The summed E-state index contributed by atoms with van der Waals surface area (Å²) in [5.74, 6) is -1.44. The lowest BCUT2D eigenvalue weighted by atomic mass is 9.91. The van der Waals surface area contributed by atoms with E-state index in [0.717, 1.165) is 22.9 Å². The van der Waals surface area contributed by atoms with Crippen molar-refractivity contribution in [2.24, 2.45) is 11.8 Å². The second-order valence-electron chi connectivity index (χ2n) is 9.17. The number of esters is 1. The molecule has 34 heavy (non-hydrogen) atoms. The van der Waals surface area contributed by atoms with Gasteiger partial charge in [-0.05, 0) is 43.4 Å². The van der Waals surface area contributed by atoms with Crippen LogP contribution in [0, 0.1) is 11.8 Å².